The summed E-state index contributed by atoms with van der Waals surface area (Å²) in [6.45, 7) is 2.17. The highest BCUT2D eigenvalue weighted by molar-refractivity contribution is 14.1. The minimum atomic E-state index is 1.04. The zero-order valence-electron chi connectivity index (χ0n) is 11.5. The van der Waals surface area contributed by atoms with E-state index in [1.165, 1.54) is 34.2 Å². The molecule has 0 unspecified atom stereocenters. The van der Waals surface area contributed by atoms with Gasteiger partial charge in [0.2, 0.25) is 0 Å². The van der Waals surface area contributed by atoms with Crippen molar-refractivity contribution in [2.75, 3.05) is 0 Å². The van der Waals surface area contributed by atoms with Gasteiger partial charge in [-0.1, -0.05) is 48.5 Å². The maximum absolute atomic E-state index is 5.77. The summed E-state index contributed by atoms with van der Waals surface area (Å²) >= 11 is 2.02. The van der Waals surface area contributed by atoms with Crippen LogP contribution in [-0.4, -0.2) is 0 Å². The fraction of sp³-hybridized carbons (Fsp3) is 0.222. The van der Waals surface area contributed by atoms with Crippen LogP contribution in [0.3, 0.4) is 0 Å². The molecule has 0 amide bonds. The van der Waals surface area contributed by atoms with Crippen LogP contribution < -0.4 is 0 Å². The van der Waals surface area contributed by atoms with Crippen LogP contribution in [0.2, 0.25) is 0 Å². The van der Waals surface area contributed by atoms with Crippen LogP contribution in [0.4, 0.5) is 0 Å². The molecule has 2 aromatic rings. The number of benzene rings is 2. The van der Waals surface area contributed by atoms with Crippen molar-refractivity contribution < 1.29 is 3.07 Å². The van der Waals surface area contributed by atoms with Gasteiger partial charge in [0.25, 0.3) is 0 Å². The first-order valence-electron chi connectivity index (χ1n) is 6.97. The van der Waals surface area contributed by atoms with Crippen molar-refractivity contribution in [3.63, 3.8) is 0 Å². The summed E-state index contributed by atoms with van der Waals surface area (Å²) in [5.41, 5.74) is 6.60. The number of hydrogen-bond acceptors (Lipinski definition) is 1. The third kappa shape index (κ3) is 2.49. The van der Waals surface area contributed by atoms with Crippen molar-refractivity contribution in [1.82, 2.24) is 0 Å². The smallest absolute Gasteiger partial charge is 0.192 e. The van der Waals surface area contributed by atoms with Crippen LogP contribution in [0.25, 0.3) is 11.3 Å². The van der Waals surface area contributed by atoms with Gasteiger partial charge in [0, 0.05) is 11.1 Å². The molecule has 0 heterocycles. The Labute approximate surface area is 134 Å². The Morgan fingerprint density at radius 1 is 0.900 bits per heavy atom. The Kier molecular flexibility index (Phi) is 4.10. The van der Waals surface area contributed by atoms with E-state index >= 15 is 0 Å². The van der Waals surface area contributed by atoms with Crippen LogP contribution in [0.15, 0.2) is 48.5 Å². The molecule has 0 atom stereocenters. The Morgan fingerprint density at radius 3 is 2.35 bits per heavy atom. The zero-order chi connectivity index (χ0) is 13.9. The molecule has 0 radical (unpaired) electrons. The molecule has 1 aliphatic carbocycles. The number of aryl methyl sites for hydroxylation is 2. The monoisotopic (exact) mass is 376 g/mol. The lowest BCUT2D eigenvalue weighted by atomic mass is 9.95. The standard InChI is InChI=1S/C18H17IO/c1-13-7-2-4-10-15(13)17-12-6-9-14-8-3-5-11-16(14)18(17)20-19/h2-5,7-8,10-11H,6,9,12H2,1H3. The second-order valence-corrected chi connectivity index (χ2v) is 5.65. The van der Waals surface area contributed by atoms with E-state index in [-0.39, 0.29) is 0 Å². The minimum Gasteiger partial charge on any atom is -0.427 e. The molecular weight excluding hydrogens is 359 g/mol. The number of halogens is 1. The van der Waals surface area contributed by atoms with Gasteiger partial charge in [-0.05, 0) is 42.9 Å². The fourth-order valence-corrected chi connectivity index (χ4v) is 3.45. The van der Waals surface area contributed by atoms with E-state index in [2.05, 4.69) is 55.5 Å². The number of rotatable bonds is 2. The second kappa shape index (κ2) is 6.00. The van der Waals surface area contributed by atoms with Crippen molar-refractivity contribution in [3.05, 3.63) is 70.8 Å². The molecule has 0 N–H and O–H groups in total. The summed E-state index contributed by atoms with van der Waals surface area (Å²) in [6, 6.07) is 17.2. The van der Waals surface area contributed by atoms with Gasteiger partial charge in [-0.15, -0.1) is 0 Å². The molecule has 1 aliphatic rings. The predicted molar refractivity (Wildman–Crippen MR) is 92.5 cm³/mol. The van der Waals surface area contributed by atoms with Gasteiger partial charge >= 0.3 is 0 Å². The normalized spacial score (nSPS) is 14.7. The highest BCUT2D eigenvalue weighted by Crippen LogP contribution is 2.38. The Balaban J connectivity index is 2.22. The Bertz CT molecular complexity index is 658. The number of allylic oxidation sites excluding steroid dienone is 1. The molecule has 0 aromatic heterocycles. The molecule has 102 valence electrons. The summed E-state index contributed by atoms with van der Waals surface area (Å²) in [6.07, 6.45) is 3.36. The highest BCUT2D eigenvalue weighted by atomic mass is 127. The molecule has 20 heavy (non-hydrogen) atoms. The minimum absolute atomic E-state index is 1.04. The average molecular weight is 376 g/mol. The summed E-state index contributed by atoms with van der Waals surface area (Å²) in [7, 11) is 0. The first-order valence-corrected chi connectivity index (χ1v) is 7.85. The van der Waals surface area contributed by atoms with Gasteiger partial charge in [0.15, 0.2) is 23.0 Å². The summed E-state index contributed by atoms with van der Waals surface area (Å²) in [5, 5.41) is 0. The van der Waals surface area contributed by atoms with Gasteiger partial charge in [0.1, 0.15) is 5.76 Å². The van der Waals surface area contributed by atoms with Gasteiger partial charge in [-0.2, -0.15) is 0 Å². The van der Waals surface area contributed by atoms with E-state index in [0.717, 1.165) is 18.6 Å². The second-order valence-electron chi connectivity index (χ2n) is 5.21. The van der Waals surface area contributed by atoms with Gasteiger partial charge in [-0.3, -0.25) is 0 Å². The SMILES string of the molecule is Cc1ccccc1C1=C(OI)c2ccccc2CCC1. The van der Waals surface area contributed by atoms with E-state index < -0.39 is 0 Å². The molecule has 1 nitrogen and oxygen atoms in total. The first-order chi connectivity index (χ1) is 9.81. The first kappa shape index (κ1) is 13.7. The molecule has 2 heteroatoms. The van der Waals surface area contributed by atoms with Gasteiger partial charge in [-0.25, -0.2) is 0 Å². The van der Waals surface area contributed by atoms with Crippen LogP contribution >= 0.6 is 23.0 Å². The van der Waals surface area contributed by atoms with Crippen molar-refractivity contribution in [2.24, 2.45) is 0 Å². The van der Waals surface area contributed by atoms with E-state index in [9.17, 15) is 0 Å². The Morgan fingerprint density at radius 2 is 1.60 bits per heavy atom. The molecule has 0 spiro atoms. The van der Waals surface area contributed by atoms with Gasteiger partial charge in [0.05, 0.1) is 0 Å². The van der Waals surface area contributed by atoms with E-state index in [4.69, 9.17) is 3.07 Å². The summed E-state index contributed by atoms with van der Waals surface area (Å²) in [4.78, 5) is 0. The fourth-order valence-electron chi connectivity index (χ4n) is 2.95. The Hall–Kier alpha value is -1.29. The summed E-state index contributed by atoms with van der Waals surface area (Å²) in [5.74, 6) is 1.04. The molecule has 0 fully saturated rings. The molecular formula is C18H17IO. The predicted octanol–water partition coefficient (Wildman–Crippen LogP) is 5.57. The van der Waals surface area contributed by atoms with Crippen LogP contribution in [0.1, 0.15) is 35.1 Å². The van der Waals surface area contributed by atoms with Crippen LogP contribution in [0.5, 0.6) is 0 Å². The molecule has 0 saturated carbocycles. The molecule has 2 aromatic carbocycles. The molecule has 0 saturated heterocycles. The average Bonchev–Trinajstić information content (AvgIpc) is 2.66. The van der Waals surface area contributed by atoms with E-state index in [1.807, 2.05) is 23.0 Å². The van der Waals surface area contributed by atoms with Crippen molar-refractivity contribution in [1.29, 1.82) is 0 Å². The van der Waals surface area contributed by atoms with E-state index in [0.29, 0.717) is 0 Å². The third-order valence-corrected chi connectivity index (χ3v) is 4.40. The maximum atomic E-state index is 5.77. The lowest BCUT2D eigenvalue weighted by molar-refractivity contribution is 0.675. The molecule has 0 bridgehead atoms. The topological polar surface area (TPSA) is 9.23 Å². The van der Waals surface area contributed by atoms with Crippen molar-refractivity contribution >= 4 is 34.3 Å². The largest absolute Gasteiger partial charge is 0.427 e. The number of hydrogen-bond donors (Lipinski definition) is 0. The van der Waals surface area contributed by atoms with Crippen molar-refractivity contribution in [3.8, 4) is 0 Å². The lowest BCUT2D eigenvalue weighted by Gasteiger charge is -2.14. The number of fused-ring (bicyclic) bond motifs is 1. The molecule has 3 rings (SSSR count). The molecule has 0 aliphatic heterocycles. The van der Waals surface area contributed by atoms with Gasteiger partial charge < -0.3 is 3.07 Å². The highest BCUT2D eigenvalue weighted by Gasteiger charge is 2.20. The lowest BCUT2D eigenvalue weighted by Crippen LogP contribution is -1.94. The van der Waals surface area contributed by atoms with E-state index in [1.54, 1.807) is 0 Å². The van der Waals surface area contributed by atoms with Crippen LogP contribution in [-0.2, 0) is 9.49 Å². The van der Waals surface area contributed by atoms with Crippen LogP contribution in [0, 0.1) is 6.92 Å². The quantitative estimate of drug-likeness (QED) is 0.623. The summed E-state index contributed by atoms with van der Waals surface area (Å²) < 4.78 is 5.77. The maximum Gasteiger partial charge on any atom is 0.192 e. The third-order valence-electron chi connectivity index (χ3n) is 3.96. The zero-order valence-corrected chi connectivity index (χ0v) is 13.7. The van der Waals surface area contributed by atoms with Crippen molar-refractivity contribution in [2.45, 2.75) is 26.2 Å².